The summed E-state index contributed by atoms with van der Waals surface area (Å²) in [6.45, 7) is 0. The van der Waals surface area contributed by atoms with Gasteiger partial charge in [-0.05, 0) is 12.1 Å². The van der Waals surface area contributed by atoms with Crippen LogP contribution in [0.1, 0.15) is 5.56 Å². The van der Waals surface area contributed by atoms with Gasteiger partial charge < -0.3 is 14.9 Å². The maximum Gasteiger partial charge on any atom is 0.430 e. The molecule has 1 aliphatic rings. The lowest BCUT2D eigenvalue weighted by atomic mass is 10.0. The molecule has 1 aliphatic heterocycles. The van der Waals surface area contributed by atoms with Crippen LogP contribution in [-0.2, 0) is 4.79 Å². The highest BCUT2D eigenvalue weighted by Gasteiger charge is 2.49. The molecule has 1 aromatic rings. The van der Waals surface area contributed by atoms with Crippen molar-refractivity contribution in [1.82, 2.24) is 0 Å². The first-order valence-corrected chi connectivity index (χ1v) is 5.77. The van der Waals surface area contributed by atoms with Crippen molar-refractivity contribution < 1.29 is 32.9 Å². The zero-order valence-electron chi connectivity index (χ0n) is 9.33. The van der Waals surface area contributed by atoms with Crippen LogP contribution in [0, 0.1) is 0 Å². The molecular weight excluding hydrogens is 324 g/mol. The fourth-order valence-electron chi connectivity index (χ4n) is 1.68. The number of phenols is 1. The predicted molar refractivity (Wildman–Crippen MR) is 64.2 cm³/mol. The van der Waals surface area contributed by atoms with Crippen LogP contribution in [0.3, 0.4) is 0 Å². The van der Waals surface area contributed by atoms with Crippen LogP contribution in [0.5, 0.6) is 11.5 Å². The number of rotatable bonds is 1. The number of hydrogen-bond donors (Lipinski definition) is 2. The summed E-state index contributed by atoms with van der Waals surface area (Å²) in [4.78, 5) is 10.9. The van der Waals surface area contributed by atoms with E-state index in [0.717, 1.165) is 12.1 Å². The molecule has 0 radical (unpaired) electrons. The van der Waals surface area contributed by atoms with Crippen molar-refractivity contribution in [1.29, 1.82) is 0 Å². The third kappa shape index (κ3) is 2.38. The number of alkyl halides is 3. The van der Waals surface area contributed by atoms with Gasteiger partial charge in [0.15, 0.2) is 5.75 Å². The van der Waals surface area contributed by atoms with E-state index < -0.39 is 40.3 Å². The van der Waals surface area contributed by atoms with Gasteiger partial charge in [-0.25, -0.2) is 4.79 Å². The van der Waals surface area contributed by atoms with Crippen molar-refractivity contribution in [2.75, 3.05) is 0 Å². The quantitative estimate of drug-likeness (QED) is 0.828. The van der Waals surface area contributed by atoms with Gasteiger partial charge in [0, 0.05) is 5.56 Å². The van der Waals surface area contributed by atoms with Gasteiger partial charge in [-0.2, -0.15) is 13.2 Å². The third-order valence-corrected chi connectivity index (χ3v) is 3.19. The van der Waals surface area contributed by atoms with Crippen molar-refractivity contribution in [2.45, 2.75) is 12.3 Å². The largest absolute Gasteiger partial charge is 0.505 e. The molecule has 1 atom stereocenters. The molecule has 1 heterocycles. The summed E-state index contributed by atoms with van der Waals surface area (Å²) >= 11 is 11.3. The van der Waals surface area contributed by atoms with Crippen molar-refractivity contribution in [3.05, 3.63) is 27.2 Å². The highest BCUT2D eigenvalue weighted by atomic mass is 35.5. The number of ether oxygens (including phenoxy) is 1. The number of carboxylic acid groups (broad SMARTS) is 1. The Morgan fingerprint density at radius 3 is 2.45 bits per heavy atom. The molecule has 0 spiro atoms. The minimum absolute atomic E-state index is 0.0595. The fraction of sp³-hybridized carbons (Fsp3) is 0.182. The minimum atomic E-state index is -4.94. The van der Waals surface area contributed by atoms with E-state index in [9.17, 15) is 23.1 Å². The Balaban J connectivity index is 2.66. The van der Waals surface area contributed by atoms with Crippen LogP contribution in [0.25, 0.3) is 6.08 Å². The van der Waals surface area contributed by atoms with Crippen LogP contribution in [0.2, 0.25) is 10.0 Å². The number of hydrogen-bond acceptors (Lipinski definition) is 3. The van der Waals surface area contributed by atoms with Crippen molar-refractivity contribution in [3.8, 4) is 11.5 Å². The molecule has 0 amide bonds. The van der Waals surface area contributed by atoms with Gasteiger partial charge >= 0.3 is 12.1 Å². The normalized spacial score (nSPS) is 18.1. The lowest BCUT2D eigenvalue weighted by Crippen LogP contribution is -2.40. The topological polar surface area (TPSA) is 66.8 Å². The summed E-state index contributed by atoms with van der Waals surface area (Å²) in [5.41, 5.74) is -1.06. The second-order valence-electron chi connectivity index (χ2n) is 3.88. The van der Waals surface area contributed by atoms with Gasteiger partial charge in [0.05, 0.1) is 10.6 Å². The van der Waals surface area contributed by atoms with E-state index in [4.69, 9.17) is 28.3 Å². The Labute approximate surface area is 120 Å². The van der Waals surface area contributed by atoms with Crippen molar-refractivity contribution in [3.63, 3.8) is 0 Å². The zero-order valence-corrected chi connectivity index (χ0v) is 10.8. The first-order valence-electron chi connectivity index (χ1n) is 5.02. The molecule has 0 fully saturated rings. The number of phenolic OH excluding ortho intramolecular Hbond substituents is 1. The molecule has 4 nitrogen and oxygen atoms in total. The molecule has 20 heavy (non-hydrogen) atoms. The predicted octanol–water partition coefficient (Wildman–Crippen LogP) is 3.49. The Bertz CT molecular complexity index is 625. The van der Waals surface area contributed by atoms with Crippen molar-refractivity contribution >= 4 is 35.2 Å². The summed E-state index contributed by atoms with van der Waals surface area (Å²) < 4.78 is 43.0. The molecule has 108 valence electrons. The number of aliphatic carboxylic acids is 1. The molecule has 1 aromatic carbocycles. The molecule has 0 aliphatic carbocycles. The lowest BCUT2D eigenvalue weighted by molar-refractivity contribution is -0.187. The summed E-state index contributed by atoms with van der Waals surface area (Å²) in [5, 5.41) is 17.5. The maximum atomic E-state index is 12.8. The number of benzene rings is 1. The van der Waals surface area contributed by atoms with E-state index >= 15 is 0 Å². The molecule has 0 saturated carbocycles. The average molecular weight is 329 g/mol. The fourth-order valence-corrected chi connectivity index (χ4v) is 2.19. The highest BCUT2D eigenvalue weighted by Crippen LogP contribution is 2.47. The summed E-state index contributed by atoms with van der Waals surface area (Å²) in [7, 11) is 0. The zero-order chi connectivity index (χ0) is 15.2. The Morgan fingerprint density at radius 1 is 1.35 bits per heavy atom. The molecule has 1 unspecified atom stereocenters. The van der Waals surface area contributed by atoms with Gasteiger partial charge in [-0.3, -0.25) is 0 Å². The van der Waals surface area contributed by atoms with Gasteiger partial charge in [0.1, 0.15) is 10.8 Å². The van der Waals surface area contributed by atoms with E-state index in [2.05, 4.69) is 4.74 Å². The van der Waals surface area contributed by atoms with E-state index in [0.29, 0.717) is 0 Å². The van der Waals surface area contributed by atoms with E-state index in [1.807, 2.05) is 0 Å². The van der Waals surface area contributed by atoms with Crippen LogP contribution in [0.4, 0.5) is 13.2 Å². The third-order valence-electron chi connectivity index (χ3n) is 2.55. The Hall–Kier alpha value is -1.60. The van der Waals surface area contributed by atoms with Gasteiger partial charge in [-0.1, -0.05) is 23.2 Å². The molecule has 0 aromatic heterocycles. The van der Waals surface area contributed by atoms with Gasteiger partial charge in [-0.15, -0.1) is 0 Å². The Morgan fingerprint density at radius 2 is 1.95 bits per heavy atom. The number of halogens is 5. The van der Waals surface area contributed by atoms with Crippen LogP contribution in [0.15, 0.2) is 11.6 Å². The van der Waals surface area contributed by atoms with Crippen molar-refractivity contribution in [2.24, 2.45) is 0 Å². The summed E-state index contributed by atoms with van der Waals surface area (Å²) in [6, 6.07) is 1.06. The number of carbonyl (C=O) groups is 1. The molecule has 2 rings (SSSR count). The van der Waals surface area contributed by atoms with Gasteiger partial charge in [0.2, 0.25) is 6.10 Å². The first-order chi connectivity index (χ1) is 9.12. The van der Waals surface area contributed by atoms with E-state index in [1.165, 1.54) is 0 Å². The average Bonchev–Trinajstić information content (AvgIpc) is 2.33. The SMILES string of the molecule is O=C(O)C1=Cc2cc(Cl)c(O)c(Cl)c2OC1C(F)(F)F. The molecule has 0 saturated heterocycles. The van der Waals surface area contributed by atoms with Crippen LogP contribution in [-0.4, -0.2) is 28.5 Å². The lowest BCUT2D eigenvalue weighted by Gasteiger charge is -2.27. The number of fused-ring (bicyclic) bond motifs is 1. The van der Waals surface area contributed by atoms with Gasteiger partial charge in [0.25, 0.3) is 0 Å². The molecule has 0 bridgehead atoms. The number of carboxylic acids is 1. The smallest absolute Gasteiger partial charge is 0.430 e. The second-order valence-corrected chi connectivity index (χ2v) is 4.67. The highest BCUT2D eigenvalue weighted by molar-refractivity contribution is 6.38. The second kappa shape index (κ2) is 4.75. The molecule has 2 N–H and O–H groups in total. The molecular formula is C11H5Cl2F3O4. The number of aromatic hydroxyl groups is 1. The Kier molecular flexibility index (Phi) is 3.51. The van der Waals surface area contributed by atoms with E-state index in [-0.39, 0.29) is 10.6 Å². The van der Waals surface area contributed by atoms with E-state index in [1.54, 1.807) is 0 Å². The van der Waals surface area contributed by atoms with Crippen LogP contribution >= 0.6 is 23.2 Å². The standard InChI is InChI=1S/C11H5Cl2F3O4/c12-5-2-3-1-4(10(18)19)9(11(14,15)16)20-8(3)6(13)7(5)17/h1-2,9,17H,(H,18,19). The molecule has 9 heteroatoms. The first kappa shape index (κ1) is 14.8. The van der Waals surface area contributed by atoms with Crippen LogP contribution < -0.4 is 4.74 Å². The minimum Gasteiger partial charge on any atom is -0.505 e. The monoisotopic (exact) mass is 328 g/mol. The summed E-state index contributed by atoms with van der Waals surface area (Å²) in [5.74, 6) is -2.89. The summed E-state index contributed by atoms with van der Waals surface area (Å²) in [6.07, 6.45) is -6.86. The maximum absolute atomic E-state index is 12.8.